The van der Waals surface area contributed by atoms with Gasteiger partial charge in [-0.1, -0.05) is 18.2 Å². The molecule has 2 aromatic carbocycles. The second-order valence-corrected chi connectivity index (χ2v) is 5.37. The zero-order valence-electron chi connectivity index (χ0n) is 12.7. The summed E-state index contributed by atoms with van der Waals surface area (Å²) in [6.07, 6.45) is 0. The van der Waals surface area contributed by atoms with Gasteiger partial charge < -0.3 is 0 Å². The molecule has 0 radical (unpaired) electrons. The highest BCUT2D eigenvalue weighted by Crippen LogP contribution is 2.32. The third-order valence-electron chi connectivity index (χ3n) is 3.66. The summed E-state index contributed by atoms with van der Waals surface area (Å²) in [4.78, 5) is 4.40. The lowest BCUT2D eigenvalue weighted by Gasteiger charge is -2.13. The second kappa shape index (κ2) is 5.37. The summed E-state index contributed by atoms with van der Waals surface area (Å²) in [5.41, 5.74) is 2.41. The molecule has 0 spiro atoms. The predicted molar refractivity (Wildman–Crippen MR) is 83.1 cm³/mol. The topological polar surface area (TPSA) is 17.8 Å². The number of benzene rings is 2. The molecule has 3 rings (SSSR count). The van der Waals surface area contributed by atoms with Crippen molar-refractivity contribution in [2.24, 2.45) is 0 Å². The van der Waals surface area contributed by atoms with Crippen LogP contribution in [0.5, 0.6) is 0 Å². The molecule has 3 aromatic rings. The lowest BCUT2D eigenvalue weighted by atomic mass is 10.1. The van der Waals surface area contributed by atoms with Gasteiger partial charge in [0, 0.05) is 5.69 Å². The quantitative estimate of drug-likeness (QED) is 0.668. The van der Waals surface area contributed by atoms with Crippen LogP contribution >= 0.6 is 0 Å². The number of aryl methyl sites for hydroxylation is 3. The van der Waals surface area contributed by atoms with Crippen LogP contribution in [-0.2, 0) is 0 Å². The van der Waals surface area contributed by atoms with Crippen LogP contribution in [0.2, 0.25) is 0 Å². The molecule has 0 aliphatic carbocycles. The number of hydrogen-bond donors (Lipinski definition) is 0. The van der Waals surface area contributed by atoms with Crippen LogP contribution in [0.1, 0.15) is 17.1 Å². The van der Waals surface area contributed by atoms with Crippen molar-refractivity contribution in [3.8, 4) is 16.9 Å². The van der Waals surface area contributed by atoms with Crippen molar-refractivity contribution in [2.45, 2.75) is 20.8 Å². The zero-order chi connectivity index (χ0) is 15.9. The summed E-state index contributed by atoms with van der Waals surface area (Å²) in [6, 6.07) is 12.1. The van der Waals surface area contributed by atoms with Gasteiger partial charge in [-0.2, -0.15) is 0 Å². The first-order chi connectivity index (χ1) is 10.5. The Morgan fingerprint density at radius 3 is 2.09 bits per heavy atom. The predicted octanol–water partition coefficient (Wildman–Crippen LogP) is 4.74. The molecule has 4 heteroatoms. The monoisotopic (exact) mass is 298 g/mol. The second-order valence-electron chi connectivity index (χ2n) is 5.37. The van der Waals surface area contributed by atoms with Gasteiger partial charge in [0.15, 0.2) is 0 Å². The van der Waals surface area contributed by atoms with E-state index in [1.165, 1.54) is 12.1 Å². The van der Waals surface area contributed by atoms with Crippen molar-refractivity contribution < 1.29 is 8.78 Å². The van der Waals surface area contributed by atoms with E-state index in [4.69, 9.17) is 0 Å². The van der Waals surface area contributed by atoms with E-state index >= 15 is 0 Å². The van der Waals surface area contributed by atoms with Gasteiger partial charge >= 0.3 is 0 Å². The molecule has 2 nitrogen and oxygen atoms in total. The Labute approximate surface area is 128 Å². The first-order valence-electron chi connectivity index (χ1n) is 7.06. The maximum Gasteiger partial charge on any atom is 0.135 e. The molecule has 0 saturated carbocycles. The average molecular weight is 298 g/mol. The van der Waals surface area contributed by atoms with Gasteiger partial charge in [-0.25, -0.2) is 13.8 Å². The molecular weight excluding hydrogens is 282 g/mol. The van der Waals surface area contributed by atoms with Crippen molar-refractivity contribution in [3.05, 3.63) is 71.2 Å². The van der Waals surface area contributed by atoms with Crippen LogP contribution in [0.15, 0.2) is 42.5 Å². The van der Waals surface area contributed by atoms with Crippen LogP contribution in [0.25, 0.3) is 16.9 Å². The number of rotatable bonds is 2. The normalized spacial score (nSPS) is 11.0. The Bertz CT molecular complexity index is 813. The van der Waals surface area contributed by atoms with Gasteiger partial charge in [-0.05, 0) is 50.6 Å². The number of para-hydroxylation sites is 1. The van der Waals surface area contributed by atoms with Gasteiger partial charge in [-0.3, -0.25) is 4.57 Å². The minimum absolute atomic E-state index is 0.0347. The third-order valence-corrected chi connectivity index (χ3v) is 3.66. The third kappa shape index (κ3) is 2.30. The first-order valence-corrected chi connectivity index (χ1v) is 7.06. The molecule has 1 aromatic heterocycles. The lowest BCUT2D eigenvalue weighted by molar-refractivity contribution is 0.586. The highest BCUT2D eigenvalue weighted by Gasteiger charge is 2.21. The molecule has 0 aliphatic rings. The maximum atomic E-state index is 14.4. The molecule has 0 N–H and O–H groups in total. The van der Waals surface area contributed by atoms with Crippen molar-refractivity contribution in [1.82, 2.24) is 9.55 Å². The standard InChI is InChI=1S/C18H16F2N2/c1-11-9-15(19)17(16(20)10-11)18-12(2)21-13(3)22(18)14-7-5-4-6-8-14/h4-10H,1-3H3. The van der Waals surface area contributed by atoms with Crippen LogP contribution in [-0.4, -0.2) is 9.55 Å². The van der Waals surface area contributed by atoms with E-state index in [9.17, 15) is 8.78 Å². The molecule has 0 atom stereocenters. The maximum absolute atomic E-state index is 14.4. The van der Waals surface area contributed by atoms with E-state index in [1.54, 1.807) is 18.4 Å². The average Bonchev–Trinajstić information content (AvgIpc) is 2.74. The number of nitrogens with zero attached hydrogens (tertiary/aromatic N) is 2. The molecule has 0 saturated heterocycles. The minimum Gasteiger partial charge on any atom is -0.296 e. The number of hydrogen-bond acceptors (Lipinski definition) is 1. The van der Waals surface area contributed by atoms with Gasteiger partial charge in [0.2, 0.25) is 0 Å². The van der Waals surface area contributed by atoms with Gasteiger partial charge in [0.05, 0.1) is 17.0 Å². The van der Waals surface area contributed by atoms with Gasteiger partial charge in [-0.15, -0.1) is 0 Å². The van der Waals surface area contributed by atoms with E-state index in [1.807, 2.05) is 37.3 Å². The number of halogens is 2. The van der Waals surface area contributed by atoms with E-state index < -0.39 is 11.6 Å². The SMILES string of the molecule is Cc1cc(F)c(-c2c(C)nc(C)n2-c2ccccc2)c(F)c1. The summed E-state index contributed by atoms with van der Waals surface area (Å²) in [5.74, 6) is -0.451. The van der Waals surface area contributed by atoms with E-state index in [0.29, 0.717) is 22.8 Å². The van der Waals surface area contributed by atoms with Crippen molar-refractivity contribution in [1.29, 1.82) is 0 Å². The van der Waals surface area contributed by atoms with Crippen molar-refractivity contribution >= 4 is 0 Å². The van der Waals surface area contributed by atoms with Gasteiger partial charge in [0.25, 0.3) is 0 Å². The zero-order valence-corrected chi connectivity index (χ0v) is 12.7. The fourth-order valence-corrected chi connectivity index (χ4v) is 2.78. The van der Waals surface area contributed by atoms with E-state index in [-0.39, 0.29) is 5.56 Å². The lowest BCUT2D eigenvalue weighted by Crippen LogP contribution is -2.03. The minimum atomic E-state index is -0.572. The molecule has 0 unspecified atom stereocenters. The molecule has 112 valence electrons. The highest BCUT2D eigenvalue weighted by atomic mass is 19.1. The molecule has 1 heterocycles. The molecule has 0 aliphatic heterocycles. The number of aromatic nitrogens is 2. The Hall–Kier alpha value is -2.49. The largest absolute Gasteiger partial charge is 0.296 e. The summed E-state index contributed by atoms with van der Waals surface area (Å²) in [5, 5.41) is 0. The Morgan fingerprint density at radius 2 is 1.50 bits per heavy atom. The van der Waals surface area contributed by atoms with Crippen LogP contribution in [0, 0.1) is 32.4 Å². The molecule has 0 bridgehead atoms. The fourth-order valence-electron chi connectivity index (χ4n) is 2.78. The van der Waals surface area contributed by atoms with E-state index in [2.05, 4.69) is 4.98 Å². The molecular formula is C18H16F2N2. The summed E-state index contributed by atoms with van der Waals surface area (Å²) < 4.78 is 30.6. The van der Waals surface area contributed by atoms with Crippen LogP contribution < -0.4 is 0 Å². The van der Waals surface area contributed by atoms with E-state index in [0.717, 1.165) is 5.69 Å². The van der Waals surface area contributed by atoms with Crippen LogP contribution in [0.3, 0.4) is 0 Å². The smallest absolute Gasteiger partial charge is 0.135 e. The summed E-state index contributed by atoms with van der Waals surface area (Å²) in [7, 11) is 0. The summed E-state index contributed by atoms with van der Waals surface area (Å²) in [6.45, 7) is 5.26. The fraction of sp³-hybridized carbons (Fsp3) is 0.167. The Kier molecular flexibility index (Phi) is 3.53. The van der Waals surface area contributed by atoms with Gasteiger partial charge in [0.1, 0.15) is 17.5 Å². The highest BCUT2D eigenvalue weighted by molar-refractivity contribution is 5.67. The van der Waals surface area contributed by atoms with Crippen molar-refractivity contribution in [3.63, 3.8) is 0 Å². The van der Waals surface area contributed by atoms with Crippen molar-refractivity contribution in [2.75, 3.05) is 0 Å². The molecule has 0 amide bonds. The Morgan fingerprint density at radius 1 is 0.909 bits per heavy atom. The number of imidazole rings is 1. The Balaban J connectivity index is 2.34. The molecule has 0 fully saturated rings. The van der Waals surface area contributed by atoms with Crippen LogP contribution in [0.4, 0.5) is 8.78 Å². The molecule has 22 heavy (non-hydrogen) atoms. The summed E-state index contributed by atoms with van der Waals surface area (Å²) >= 11 is 0. The first kappa shape index (κ1) is 14.4.